The molecule has 1 aromatic rings. The predicted octanol–water partition coefficient (Wildman–Crippen LogP) is 2.78. The number of aryl methyl sites for hydroxylation is 1. The molecule has 1 aliphatic heterocycles. The van der Waals surface area contributed by atoms with Gasteiger partial charge < -0.3 is 5.32 Å². The molecule has 2 nitrogen and oxygen atoms in total. The Morgan fingerprint density at radius 3 is 3.07 bits per heavy atom. The van der Waals surface area contributed by atoms with Gasteiger partial charge in [-0.15, -0.1) is 0 Å². The lowest BCUT2D eigenvalue weighted by atomic mass is 10.1. The lowest BCUT2D eigenvalue weighted by molar-refractivity contribution is 0.812. The molecule has 0 bridgehead atoms. The molecule has 3 heteroatoms. The fraction of sp³-hybridized carbons (Fsp3) is 0.417. The number of hydrogen-bond donors (Lipinski definition) is 1. The van der Waals surface area contributed by atoms with E-state index >= 15 is 0 Å². The lowest BCUT2D eigenvalue weighted by Gasteiger charge is -2.15. The SMILES string of the molecule is Cc1ccc(C#N)cc1N[C@@H]1CCSC1. The van der Waals surface area contributed by atoms with E-state index in [2.05, 4.69) is 18.3 Å². The van der Waals surface area contributed by atoms with Crippen molar-refractivity contribution in [2.75, 3.05) is 16.8 Å². The first-order valence-corrected chi connectivity index (χ1v) is 6.30. The average Bonchev–Trinajstić information content (AvgIpc) is 2.74. The van der Waals surface area contributed by atoms with Crippen LogP contribution in [0.15, 0.2) is 18.2 Å². The van der Waals surface area contributed by atoms with Crippen LogP contribution in [0.2, 0.25) is 0 Å². The standard InChI is InChI=1S/C12H14N2S/c1-9-2-3-10(7-13)6-12(9)14-11-4-5-15-8-11/h2-3,6,11,14H,4-5,8H2,1H3/t11-/m1/s1. The first-order valence-electron chi connectivity index (χ1n) is 5.14. The van der Waals surface area contributed by atoms with Gasteiger partial charge in [0.15, 0.2) is 0 Å². The van der Waals surface area contributed by atoms with E-state index in [1.807, 2.05) is 30.0 Å². The van der Waals surface area contributed by atoms with E-state index in [0.29, 0.717) is 6.04 Å². The molecule has 2 rings (SSSR count). The first kappa shape index (κ1) is 10.4. The second-order valence-corrected chi connectivity index (χ2v) is 5.00. The van der Waals surface area contributed by atoms with Gasteiger partial charge in [-0.2, -0.15) is 17.0 Å². The van der Waals surface area contributed by atoms with Crippen molar-refractivity contribution in [1.82, 2.24) is 0 Å². The van der Waals surface area contributed by atoms with Crippen molar-refractivity contribution in [2.45, 2.75) is 19.4 Å². The number of hydrogen-bond acceptors (Lipinski definition) is 3. The summed E-state index contributed by atoms with van der Waals surface area (Å²) in [4.78, 5) is 0. The zero-order chi connectivity index (χ0) is 10.7. The molecule has 1 N–H and O–H groups in total. The van der Waals surface area contributed by atoms with Gasteiger partial charge in [0.25, 0.3) is 0 Å². The largest absolute Gasteiger partial charge is 0.381 e. The van der Waals surface area contributed by atoms with Crippen molar-refractivity contribution in [1.29, 1.82) is 5.26 Å². The van der Waals surface area contributed by atoms with Crippen molar-refractivity contribution >= 4 is 17.4 Å². The van der Waals surface area contributed by atoms with E-state index < -0.39 is 0 Å². The van der Waals surface area contributed by atoms with E-state index in [0.717, 1.165) is 11.3 Å². The maximum Gasteiger partial charge on any atom is 0.0992 e. The van der Waals surface area contributed by atoms with Gasteiger partial charge in [0, 0.05) is 17.5 Å². The van der Waals surface area contributed by atoms with E-state index in [1.165, 1.54) is 23.5 Å². The van der Waals surface area contributed by atoms with Gasteiger partial charge in [0.1, 0.15) is 0 Å². The molecule has 0 radical (unpaired) electrons. The molecule has 0 spiro atoms. The average molecular weight is 218 g/mol. The molecule has 0 saturated carbocycles. The van der Waals surface area contributed by atoms with Crippen LogP contribution in [0.25, 0.3) is 0 Å². The highest BCUT2D eigenvalue weighted by molar-refractivity contribution is 7.99. The third-order valence-corrected chi connectivity index (χ3v) is 3.82. The summed E-state index contributed by atoms with van der Waals surface area (Å²) in [6.45, 7) is 2.07. The van der Waals surface area contributed by atoms with Crippen LogP contribution in [0, 0.1) is 18.3 Å². The minimum absolute atomic E-state index is 0.572. The van der Waals surface area contributed by atoms with Gasteiger partial charge in [-0.3, -0.25) is 0 Å². The van der Waals surface area contributed by atoms with Crippen LogP contribution in [-0.2, 0) is 0 Å². The van der Waals surface area contributed by atoms with Crippen LogP contribution in [-0.4, -0.2) is 17.5 Å². The number of nitriles is 1. The number of nitrogens with zero attached hydrogens (tertiary/aromatic N) is 1. The maximum atomic E-state index is 8.83. The van der Waals surface area contributed by atoms with Gasteiger partial charge in [0.2, 0.25) is 0 Å². The third-order valence-electron chi connectivity index (χ3n) is 2.66. The second kappa shape index (κ2) is 4.59. The van der Waals surface area contributed by atoms with Crippen molar-refractivity contribution in [3.63, 3.8) is 0 Å². The molecule has 1 fully saturated rings. The van der Waals surface area contributed by atoms with E-state index in [-0.39, 0.29) is 0 Å². The lowest BCUT2D eigenvalue weighted by Crippen LogP contribution is -2.18. The Hall–Kier alpha value is -1.14. The summed E-state index contributed by atoms with van der Waals surface area (Å²) >= 11 is 1.99. The van der Waals surface area contributed by atoms with E-state index in [4.69, 9.17) is 5.26 Å². The fourth-order valence-electron chi connectivity index (χ4n) is 1.72. The topological polar surface area (TPSA) is 35.8 Å². The molecule has 1 aromatic carbocycles. The number of benzene rings is 1. The molecule has 0 aromatic heterocycles. The normalized spacial score (nSPS) is 19.9. The molecule has 1 aliphatic rings. The molecular formula is C12H14N2S. The summed E-state index contributed by atoms with van der Waals surface area (Å²) < 4.78 is 0. The van der Waals surface area contributed by atoms with Crippen molar-refractivity contribution in [2.24, 2.45) is 0 Å². The quantitative estimate of drug-likeness (QED) is 0.829. The van der Waals surface area contributed by atoms with Crippen LogP contribution in [0.5, 0.6) is 0 Å². The smallest absolute Gasteiger partial charge is 0.0992 e. The van der Waals surface area contributed by atoms with Crippen LogP contribution in [0.1, 0.15) is 17.5 Å². The highest BCUT2D eigenvalue weighted by Gasteiger charge is 2.15. The van der Waals surface area contributed by atoms with Gasteiger partial charge >= 0.3 is 0 Å². The number of rotatable bonds is 2. The van der Waals surface area contributed by atoms with Crippen LogP contribution >= 0.6 is 11.8 Å². The summed E-state index contributed by atoms with van der Waals surface area (Å²) in [7, 11) is 0. The van der Waals surface area contributed by atoms with E-state index in [1.54, 1.807) is 0 Å². The van der Waals surface area contributed by atoms with Crippen molar-refractivity contribution in [3.05, 3.63) is 29.3 Å². The first-order chi connectivity index (χ1) is 7.29. The zero-order valence-electron chi connectivity index (χ0n) is 8.79. The summed E-state index contributed by atoms with van der Waals surface area (Å²) in [5, 5.41) is 12.3. The molecule has 0 aliphatic carbocycles. The zero-order valence-corrected chi connectivity index (χ0v) is 9.60. The minimum Gasteiger partial charge on any atom is -0.381 e. The van der Waals surface area contributed by atoms with Gasteiger partial charge in [-0.05, 0) is 36.8 Å². The highest BCUT2D eigenvalue weighted by Crippen LogP contribution is 2.23. The fourth-order valence-corrected chi connectivity index (χ4v) is 2.87. The van der Waals surface area contributed by atoms with Crippen LogP contribution in [0.3, 0.4) is 0 Å². The van der Waals surface area contributed by atoms with Crippen LogP contribution in [0.4, 0.5) is 5.69 Å². The number of nitrogens with one attached hydrogen (secondary N) is 1. The minimum atomic E-state index is 0.572. The Balaban J connectivity index is 2.15. The summed E-state index contributed by atoms with van der Waals surface area (Å²) in [6, 6.07) is 8.56. The monoisotopic (exact) mass is 218 g/mol. The molecular weight excluding hydrogens is 204 g/mol. The maximum absolute atomic E-state index is 8.83. The van der Waals surface area contributed by atoms with Crippen LogP contribution < -0.4 is 5.32 Å². The molecule has 15 heavy (non-hydrogen) atoms. The Kier molecular flexibility index (Phi) is 3.17. The van der Waals surface area contributed by atoms with Gasteiger partial charge in [-0.1, -0.05) is 6.07 Å². The van der Waals surface area contributed by atoms with E-state index in [9.17, 15) is 0 Å². The summed E-state index contributed by atoms with van der Waals surface area (Å²) in [6.07, 6.45) is 1.22. The Morgan fingerprint density at radius 1 is 1.53 bits per heavy atom. The Morgan fingerprint density at radius 2 is 2.40 bits per heavy atom. The molecule has 0 amide bonds. The van der Waals surface area contributed by atoms with Gasteiger partial charge in [0.05, 0.1) is 11.6 Å². The summed E-state index contributed by atoms with van der Waals surface area (Å²) in [5.41, 5.74) is 3.06. The predicted molar refractivity (Wildman–Crippen MR) is 65.2 cm³/mol. The molecule has 0 unspecified atom stereocenters. The van der Waals surface area contributed by atoms with Gasteiger partial charge in [-0.25, -0.2) is 0 Å². The molecule has 78 valence electrons. The molecule has 1 atom stereocenters. The second-order valence-electron chi connectivity index (χ2n) is 3.85. The molecule has 1 heterocycles. The Bertz CT molecular complexity index is 389. The van der Waals surface area contributed by atoms with Crippen molar-refractivity contribution < 1.29 is 0 Å². The number of thioether (sulfide) groups is 1. The molecule has 1 saturated heterocycles. The third kappa shape index (κ3) is 2.45. The van der Waals surface area contributed by atoms with Crippen molar-refractivity contribution in [3.8, 4) is 6.07 Å². The number of anilines is 1. The highest BCUT2D eigenvalue weighted by atomic mass is 32.2. The summed E-state index contributed by atoms with van der Waals surface area (Å²) in [5.74, 6) is 2.42. The Labute approximate surface area is 94.7 Å².